The predicted molar refractivity (Wildman–Crippen MR) is 81.1 cm³/mol. The first-order valence-electron chi connectivity index (χ1n) is 5.89. The molecular formula is C14H8Cl2N2O3. The molecule has 21 heavy (non-hydrogen) atoms. The van der Waals surface area contributed by atoms with Gasteiger partial charge in [0.1, 0.15) is 5.52 Å². The summed E-state index contributed by atoms with van der Waals surface area (Å²) in [4.78, 5) is 15.0. The maximum atomic E-state index is 10.7. The van der Waals surface area contributed by atoms with E-state index >= 15 is 0 Å². The van der Waals surface area contributed by atoms with Crippen molar-refractivity contribution in [2.45, 2.75) is 0 Å². The molecule has 5 nitrogen and oxygen atoms in total. The number of carboxylic acid groups (broad SMARTS) is 1. The Labute approximate surface area is 129 Å². The van der Waals surface area contributed by atoms with Crippen molar-refractivity contribution in [2.75, 3.05) is 5.32 Å². The average molecular weight is 323 g/mol. The van der Waals surface area contributed by atoms with Crippen molar-refractivity contribution in [3.05, 3.63) is 46.4 Å². The molecule has 0 aliphatic heterocycles. The van der Waals surface area contributed by atoms with Crippen molar-refractivity contribution in [1.29, 1.82) is 0 Å². The van der Waals surface area contributed by atoms with Gasteiger partial charge in [0.25, 0.3) is 0 Å². The van der Waals surface area contributed by atoms with Gasteiger partial charge in [0.15, 0.2) is 5.58 Å². The summed E-state index contributed by atoms with van der Waals surface area (Å²) in [5.74, 6) is 0.298. The summed E-state index contributed by atoms with van der Waals surface area (Å²) in [5, 5.41) is 12.0. The summed E-state index contributed by atoms with van der Waals surface area (Å²) >= 11 is 12.0. The fraction of sp³-hybridized carbons (Fsp3) is 0. The lowest BCUT2D eigenvalue weighted by atomic mass is 10.2. The molecule has 0 unspecified atom stereocenters. The Kier molecular flexibility index (Phi) is 3.45. The van der Waals surface area contributed by atoms with E-state index in [0.717, 1.165) is 0 Å². The minimum absolute atomic E-state index is 0.298. The lowest BCUT2D eigenvalue weighted by molar-refractivity contribution is 0.210. The Balaban J connectivity index is 2.10. The van der Waals surface area contributed by atoms with E-state index in [1.54, 1.807) is 36.4 Å². The highest BCUT2D eigenvalue weighted by Crippen LogP contribution is 2.32. The molecule has 3 aromatic rings. The van der Waals surface area contributed by atoms with E-state index in [1.807, 2.05) is 0 Å². The van der Waals surface area contributed by atoms with Crippen LogP contribution in [0.3, 0.4) is 0 Å². The van der Waals surface area contributed by atoms with Gasteiger partial charge in [-0.25, -0.2) is 9.78 Å². The Hall–Kier alpha value is -2.24. The standard InChI is InChI=1S/C14H8Cl2N2O3/c15-7-1-4-12-11(5-7)18-13(21-12)9-6-8(17-14(19)20)2-3-10(9)16/h1-6,17H,(H,19,20). The van der Waals surface area contributed by atoms with Crippen molar-refractivity contribution in [3.8, 4) is 11.5 Å². The van der Waals surface area contributed by atoms with Crippen LogP contribution in [0.5, 0.6) is 0 Å². The largest absolute Gasteiger partial charge is 0.465 e. The number of aromatic nitrogens is 1. The van der Waals surface area contributed by atoms with Crippen LogP contribution in [0.25, 0.3) is 22.6 Å². The monoisotopic (exact) mass is 322 g/mol. The molecule has 7 heteroatoms. The summed E-state index contributed by atoms with van der Waals surface area (Å²) in [6.07, 6.45) is -1.16. The number of hydrogen-bond acceptors (Lipinski definition) is 3. The van der Waals surface area contributed by atoms with Crippen LogP contribution in [-0.2, 0) is 0 Å². The summed E-state index contributed by atoms with van der Waals surface area (Å²) < 4.78 is 5.62. The van der Waals surface area contributed by atoms with E-state index in [-0.39, 0.29) is 0 Å². The minimum Gasteiger partial charge on any atom is -0.465 e. The molecule has 2 aromatic carbocycles. The molecule has 0 fully saturated rings. The lowest BCUT2D eigenvalue weighted by Gasteiger charge is -2.04. The van der Waals surface area contributed by atoms with Gasteiger partial charge in [0.05, 0.1) is 10.6 Å². The lowest BCUT2D eigenvalue weighted by Crippen LogP contribution is -2.07. The van der Waals surface area contributed by atoms with E-state index in [9.17, 15) is 4.79 Å². The van der Waals surface area contributed by atoms with Crippen LogP contribution in [0, 0.1) is 0 Å². The number of anilines is 1. The maximum Gasteiger partial charge on any atom is 0.409 e. The summed E-state index contributed by atoms with van der Waals surface area (Å²) in [6.45, 7) is 0. The van der Waals surface area contributed by atoms with Crippen LogP contribution >= 0.6 is 23.2 Å². The predicted octanol–water partition coefficient (Wildman–Crippen LogP) is 4.89. The molecule has 0 saturated heterocycles. The van der Waals surface area contributed by atoms with Crippen molar-refractivity contribution < 1.29 is 14.3 Å². The molecule has 2 N–H and O–H groups in total. The number of carbonyl (C=O) groups is 1. The number of rotatable bonds is 2. The number of hydrogen-bond donors (Lipinski definition) is 2. The molecule has 0 atom stereocenters. The first-order valence-corrected chi connectivity index (χ1v) is 6.64. The van der Waals surface area contributed by atoms with Gasteiger partial charge in [-0.2, -0.15) is 0 Å². The average Bonchev–Trinajstić information content (AvgIpc) is 2.83. The third kappa shape index (κ3) is 2.79. The third-order valence-electron chi connectivity index (χ3n) is 2.80. The summed E-state index contributed by atoms with van der Waals surface area (Å²) in [7, 11) is 0. The highest BCUT2D eigenvalue weighted by molar-refractivity contribution is 6.33. The molecule has 0 aliphatic carbocycles. The molecule has 106 valence electrons. The van der Waals surface area contributed by atoms with Gasteiger partial charge >= 0.3 is 6.09 Å². The van der Waals surface area contributed by atoms with Gasteiger partial charge in [-0.15, -0.1) is 0 Å². The number of halogens is 2. The number of nitrogens with zero attached hydrogens (tertiary/aromatic N) is 1. The smallest absolute Gasteiger partial charge is 0.409 e. The zero-order valence-electron chi connectivity index (χ0n) is 10.4. The second-order valence-electron chi connectivity index (χ2n) is 4.26. The number of oxazole rings is 1. The first kappa shape index (κ1) is 13.7. The molecule has 0 saturated carbocycles. The highest BCUT2D eigenvalue weighted by atomic mass is 35.5. The Morgan fingerprint density at radius 1 is 1.19 bits per heavy atom. The molecule has 1 aromatic heterocycles. The van der Waals surface area contributed by atoms with Gasteiger partial charge in [-0.05, 0) is 36.4 Å². The minimum atomic E-state index is -1.16. The Morgan fingerprint density at radius 3 is 2.76 bits per heavy atom. The van der Waals surface area contributed by atoms with Crippen LogP contribution in [0.4, 0.5) is 10.5 Å². The fourth-order valence-corrected chi connectivity index (χ4v) is 2.27. The van der Waals surface area contributed by atoms with E-state index in [1.165, 1.54) is 0 Å². The van der Waals surface area contributed by atoms with Crippen molar-refractivity contribution in [3.63, 3.8) is 0 Å². The molecule has 0 spiro atoms. The molecule has 0 radical (unpaired) electrons. The van der Waals surface area contributed by atoms with Crippen LogP contribution in [0.15, 0.2) is 40.8 Å². The zero-order chi connectivity index (χ0) is 15.0. The van der Waals surface area contributed by atoms with E-state index in [4.69, 9.17) is 32.7 Å². The second kappa shape index (κ2) is 5.27. The van der Waals surface area contributed by atoms with Crippen molar-refractivity contribution in [1.82, 2.24) is 4.98 Å². The van der Waals surface area contributed by atoms with Gasteiger partial charge in [0.2, 0.25) is 5.89 Å². The number of fused-ring (bicyclic) bond motifs is 1. The molecule has 0 bridgehead atoms. The molecule has 0 aliphatic rings. The summed E-state index contributed by atoms with van der Waals surface area (Å²) in [5.41, 5.74) is 2.05. The van der Waals surface area contributed by atoms with Crippen molar-refractivity contribution in [2.24, 2.45) is 0 Å². The highest BCUT2D eigenvalue weighted by Gasteiger charge is 2.13. The maximum absolute atomic E-state index is 10.7. The third-order valence-corrected chi connectivity index (χ3v) is 3.36. The van der Waals surface area contributed by atoms with E-state index in [2.05, 4.69) is 10.3 Å². The van der Waals surface area contributed by atoms with Gasteiger partial charge < -0.3 is 9.52 Å². The van der Waals surface area contributed by atoms with Crippen LogP contribution in [0.2, 0.25) is 10.0 Å². The Bertz CT molecular complexity index is 845. The molecule has 1 amide bonds. The Morgan fingerprint density at radius 2 is 2.00 bits per heavy atom. The first-order chi connectivity index (χ1) is 10.0. The van der Waals surface area contributed by atoms with Crippen molar-refractivity contribution >= 4 is 46.1 Å². The molecule has 1 heterocycles. The summed E-state index contributed by atoms with van der Waals surface area (Å²) in [6, 6.07) is 9.77. The zero-order valence-corrected chi connectivity index (χ0v) is 11.9. The molecule has 3 rings (SSSR count). The van der Waals surface area contributed by atoms with Gasteiger partial charge in [-0.1, -0.05) is 23.2 Å². The number of benzene rings is 2. The quantitative estimate of drug-likeness (QED) is 0.704. The molecular weight excluding hydrogens is 315 g/mol. The van der Waals surface area contributed by atoms with E-state index < -0.39 is 6.09 Å². The normalized spacial score (nSPS) is 10.8. The SMILES string of the molecule is O=C(O)Nc1ccc(Cl)c(-c2nc3cc(Cl)ccc3o2)c1. The second-order valence-corrected chi connectivity index (χ2v) is 5.10. The number of amides is 1. The van der Waals surface area contributed by atoms with Gasteiger partial charge in [0, 0.05) is 10.7 Å². The number of nitrogens with one attached hydrogen (secondary N) is 1. The van der Waals surface area contributed by atoms with Gasteiger partial charge in [-0.3, -0.25) is 5.32 Å². The van der Waals surface area contributed by atoms with Crippen LogP contribution < -0.4 is 5.32 Å². The topological polar surface area (TPSA) is 75.4 Å². The van der Waals surface area contributed by atoms with Crippen LogP contribution in [-0.4, -0.2) is 16.2 Å². The van der Waals surface area contributed by atoms with E-state index in [0.29, 0.717) is 38.3 Å². The fourth-order valence-electron chi connectivity index (χ4n) is 1.91. The van der Waals surface area contributed by atoms with Crippen LogP contribution in [0.1, 0.15) is 0 Å².